The van der Waals surface area contributed by atoms with Gasteiger partial charge < -0.3 is 9.88 Å². The molecule has 0 aliphatic carbocycles. The summed E-state index contributed by atoms with van der Waals surface area (Å²) in [5.41, 5.74) is 4.30. The van der Waals surface area contributed by atoms with E-state index in [0.717, 1.165) is 16.5 Å². The maximum atomic E-state index is 12.7. The Morgan fingerprint density at radius 1 is 1.08 bits per heavy atom. The first-order valence-electron chi connectivity index (χ1n) is 7.90. The molecule has 0 aliphatic rings. The summed E-state index contributed by atoms with van der Waals surface area (Å²) in [6, 6.07) is 14.2. The van der Waals surface area contributed by atoms with E-state index in [1.165, 1.54) is 0 Å². The third kappa shape index (κ3) is 3.25. The fourth-order valence-corrected chi connectivity index (χ4v) is 2.89. The van der Waals surface area contributed by atoms with Gasteiger partial charge in [0.05, 0.1) is 11.6 Å². The van der Waals surface area contributed by atoms with Gasteiger partial charge in [-0.15, -0.1) is 0 Å². The molecule has 1 atom stereocenters. The number of hydroxylamine groups is 1. The van der Waals surface area contributed by atoms with E-state index >= 15 is 0 Å². The van der Waals surface area contributed by atoms with Crippen molar-refractivity contribution in [1.82, 2.24) is 15.4 Å². The molecule has 0 fully saturated rings. The van der Waals surface area contributed by atoms with Gasteiger partial charge in [-0.3, -0.25) is 14.8 Å². The number of carbonyl (C=O) groups is 2. The first kappa shape index (κ1) is 16.7. The standard InChI is InChI=1S/C19H19N3O3/c1-12(13-6-5-7-14(10-13)18(23)21-25)20-19(24)16-11-22(2)17-9-4-3-8-15(16)17/h3-12,25H,1-2H3,(H,20,24)(H,21,23). The molecular weight excluding hydrogens is 318 g/mol. The van der Waals surface area contributed by atoms with Gasteiger partial charge in [0.2, 0.25) is 0 Å². The highest BCUT2D eigenvalue weighted by Crippen LogP contribution is 2.21. The Morgan fingerprint density at radius 2 is 1.84 bits per heavy atom. The van der Waals surface area contributed by atoms with Crippen LogP contribution in [0.4, 0.5) is 0 Å². The van der Waals surface area contributed by atoms with Gasteiger partial charge >= 0.3 is 0 Å². The van der Waals surface area contributed by atoms with Gasteiger partial charge in [0.25, 0.3) is 11.8 Å². The molecule has 1 unspecified atom stereocenters. The van der Waals surface area contributed by atoms with Gasteiger partial charge in [-0.05, 0) is 30.7 Å². The molecule has 1 aromatic heterocycles. The highest BCUT2D eigenvalue weighted by atomic mass is 16.5. The molecule has 0 saturated heterocycles. The van der Waals surface area contributed by atoms with Crippen molar-refractivity contribution in [2.24, 2.45) is 7.05 Å². The van der Waals surface area contributed by atoms with E-state index in [9.17, 15) is 9.59 Å². The number of fused-ring (bicyclic) bond motifs is 1. The molecule has 3 rings (SSSR count). The lowest BCUT2D eigenvalue weighted by atomic mass is 10.0. The minimum atomic E-state index is -0.588. The summed E-state index contributed by atoms with van der Waals surface area (Å²) in [6.07, 6.45) is 1.81. The van der Waals surface area contributed by atoms with Crippen LogP contribution in [0.3, 0.4) is 0 Å². The van der Waals surface area contributed by atoms with Gasteiger partial charge in [0.15, 0.2) is 0 Å². The number of hydrogen-bond acceptors (Lipinski definition) is 3. The summed E-state index contributed by atoms with van der Waals surface area (Å²) in [7, 11) is 1.90. The molecule has 25 heavy (non-hydrogen) atoms. The monoisotopic (exact) mass is 337 g/mol. The van der Waals surface area contributed by atoms with Crippen molar-refractivity contribution in [3.05, 3.63) is 71.4 Å². The second-order valence-corrected chi connectivity index (χ2v) is 5.93. The van der Waals surface area contributed by atoms with E-state index in [1.807, 2.05) is 55.1 Å². The Morgan fingerprint density at radius 3 is 2.60 bits per heavy atom. The second-order valence-electron chi connectivity index (χ2n) is 5.93. The van der Waals surface area contributed by atoms with Crippen LogP contribution in [-0.2, 0) is 7.05 Å². The number of benzene rings is 2. The molecule has 0 bridgehead atoms. The molecule has 1 heterocycles. The first-order chi connectivity index (χ1) is 12.0. The quantitative estimate of drug-likeness (QED) is 0.506. The van der Waals surface area contributed by atoms with Crippen molar-refractivity contribution in [3.8, 4) is 0 Å². The fourth-order valence-electron chi connectivity index (χ4n) is 2.89. The van der Waals surface area contributed by atoms with Gasteiger partial charge in [-0.1, -0.05) is 30.3 Å². The van der Waals surface area contributed by atoms with Crippen molar-refractivity contribution in [2.45, 2.75) is 13.0 Å². The molecule has 3 aromatic rings. The molecule has 0 spiro atoms. The summed E-state index contributed by atoms with van der Waals surface area (Å²) in [5.74, 6) is -0.768. The van der Waals surface area contributed by atoms with E-state index in [2.05, 4.69) is 5.32 Å². The Kier molecular flexibility index (Phi) is 4.54. The van der Waals surface area contributed by atoms with Gasteiger partial charge in [0.1, 0.15) is 0 Å². The molecule has 6 nitrogen and oxygen atoms in total. The highest BCUT2D eigenvalue weighted by molar-refractivity contribution is 6.07. The van der Waals surface area contributed by atoms with Crippen LogP contribution in [0.2, 0.25) is 0 Å². The highest BCUT2D eigenvalue weighted by Gasteiger charge is 2.17. The average molecular weight is 337 g/mol. The summed E-state index contributed by atoms with van der Waals surface area (Å²) in [5, 5.41) is 12.6. The number of rotatable bonds is 4. The molecule has 0 radical (unpaired) electrons. The lowest BCUT2D eigenvalue weighted by Gasteiger charge is -2.15. The number of para-hydroxylation sites is 1. The van der Waals surface area contributed by atoms with Gasteiger partial charge in [0, 0.05) is 29.7 Å². The maximum Gasteiger partial charge on any atom is 0.274 e. The normalized spacial score (nSPS) is 12.0. The maximum absolute atomic E-state index is 12.7. The number of hydrogen-bond donors (Lipinski definition) is 3. The summed E-state index contributed by atoms with van der Waals surface area (Å²) >= 11 is 0. The fraction of sp³-hybridized carbons (Fsp3) is 0.158. The van der Waals surface area contributed by atoms with E-state index in [1.54, 1.807) is 23.7 Å². The molecule has 128 valence electrons. The minimum Gasteiger partial charge on any atom is -0.350 e. The van der Waals surface area contributed by atoms with Crippen molar-refractivity contribution in [1.29, 1.82) is 0 Å². The molecule has 0 aliphatic heterocycles. The number of carbonyl (C=O) groups excluding carboxylic acids is 2. The first-order valence-corrected chi connectivity index (χ1v) is 7.90. The number of amides is 2. The van der Waals surface area contributed by atoms with Gasteiger partial charge in [-0.2, -0.15) is 0 Å². The summed E-state index contributed by atoms with van der Waals surface area (Å²) < 4.78 is 1.92. The van der Waals surface area contributed by atoms with E-state index < -0.39 is 5.91 Å². The topological polar surface area (TPSA) is 83.4 Å². The summed E-state index contributed by atoms with van der Waals surface area (Å²) in [6.45, 7) is 1.85. The van der Waals surface area contributed by atoms with Crippen molar-refractivity contribution in [2.75, 3.05) is 0 Å². The molecule has 0 saturated carbocycles. The van der Waals surface area contributed by atoms with Crippen molar-refractivity contribution < 1.29 is 14.8 Å². The third-order valence-electron chi connectivity index (χ3n) is 4.24. The molecule has 3 N–H and O–H groups in total. The number of aromatic nitrogens is 1. The number of nitrogens with one attached hydrogen (secondary N) is 2. The van der Waals surface area contributed by atoms with E-state index in [4.69, 9.17) is 5.21 Å². The molecule has 2 aromatic carbocycles. The molecular formula is C19H19N3O3. The zero-order valence-electron chi connectivity index (χ0n) is 14.0. The smallest absolute Gasteiger partial charge is 0.274 e. The lowest BCUT2D eigenvalue weighted by Crippen LogP contribution is -2.27. The van der Waals surface area contributed by atoms with Crippen molar-refractivity contribution >= 4 is 22.7 Å². The minimum absolute atomic E-state index is 0.179. The average Bonchev–Trinajstić information content (AvgIpc) is 2.98. The Hall–Kier alpha value is -3.12. The van der Waals surface area contributed by atoms with Crippen LogP contribution >= 0.6 is 0 Å². The predicted octanol–water partition coefficient (Wildman–Crippen LogP) is 2.79. The van der Waals surface area contributed by atoms with Crippen LogP contribution in [0.15, 0.2) is 54.7 Å². The van der Waals surface area contributed by atoms with Crippen LogP contribution in [0.1, 0.15) is 39.2 Å². The number of nitrogens with zero attached hydrogens (tertiary/aromatic N) is 1. The van der Waals surface area contributed by atoms with Crippen LogP contribution in [0, 0.1) is 0 Å². The second kappa shape index (κ2) is 6.78. The van der Waals surface area contributed by atoms with Crippen LogP contribution in [0.5, 0.6) is 0 Å². The molecule has 6 heteroatoms. The van der Waals surface area contributed by atoms with Crippen LogP contribution < -0.4 is 10.8 Å². The number of aryl methyl sites for hydroxylation is 1. The third-order valence-corrected chi connectivity index (χ3v) is 4.24. The van der Waals surface area contributed by atoms with Gasteiger partial charge in [-0.25, -0.2) is 5.48 Å². The van der Waals surface area contributed by atoms with Crippen LogP contribution in [-0.4, -0.2) is 21.6 Å². The zero-order valence-corrected chi connectivity index (χ0v) is 14.0. The Balaban J connectivity index is 1.84. The van der Waals surface area contributed by atoms with Crippen molar-refractivity contribution in [3.63, 3.8) is 0 Å². The molecule has 2 amide bonds. The largest absolute Gasteiger partial charge is 0.350 e. The zero-order chi connectivity index (χ0) is 18.0. The Bertz CT molecular complexity index is 946. The van der Waals surface area contributed by atoms with E-state index in [0.29, 0.717) is 11.1 Å². The lowest BCUT2D eigenvalue weighted by molar-refractivity contribution is 0.0706. The Labute approximate surface area is 145 Å². The predicted molar refractivity (Wildman–Crippen MR) is 94.5 cm³/mol. The summed E-state index contributed by atoms with van der Waals surface area (Å²) in [4.78, 5) is 24.2. The van der Waals surface area contributed by atoms with E-state index in [-0.39, 0.29) is 11.9 Å². The SMILES string of the molecule is CC(NC(=O)c1cn(C)c2ccccc12)c1cccc(C(=O)NO)c1. The van der Waals surface area contributed by atoms with Crippen LogP contribution in [0.25, 0.3) is 10.9 Å².